The Morgan fingerprint density at radius 3 is 2.70 bits per heavy atom. The predicted octanol–water partition coefficient (Wildman–Crippen LogP) is 3.04. The van der Waals surface area contributed by atoms with Crippen molar-refractivity contribution in [3.05, 3.63) is 70.8 Å². The number of carbonyl (C=O) groups is 1. The van der Waals surface area contributed by atoms with E-state index in [1.807, 2.05) is 24.3 Å². The Kier molecular flexibility index (Phi) is 4.22. The highest BCUT2D eigenvalue weighted by Crippen LogP contribution is 2.28. The van der Waals surface area contributed by atoms with E-state index in [-0.39, 0.29) is 5.69 Å². The summed E-state index contributed by atoms with van der Waals surface area (Å²) in [6.07, 6.45) is 1.51. The number of hydrogen-bond acceptors (Lipinski definition) is 3. The van der Waals surface area contributed by atoms with Gasteiger partial charge >= 0.3 is 0 Å². The Morgan fingerprint density at radius 1 is 1.22 bits per heavy atom. The number of amides is 1. The number of nitrogens with one attached hydrogen (secondary N) is 1. The maximum absolute atomic E-state index is 13.6. The Morgan fingerprint density at radius 2 is 2.00 bits per heavy atom. The van der Waals surface area contributed by atoms with E-state index in [1.54, 1.807) is 16.7 Å². The van der Waals surface area contributed by atoms with Crippen molar-refractivity contribution in [3.8, 4) is 16.9 Å². The first kappa shape index (κ1) is 15.4. The molecule has 3 aromatic rings. The molecule has 1 amide bonds. The zero-order valence-electron chi connectivity index (χ0n) is 11.8. The SMILES string of the molecule is NNC(=O)c1ncn(-c2cccc(Br)c2)c1-c1cccc(F)c1. The molecule has 5 nitrogen and oxygen atoms in total. The number of nitrogen functional groups attached to an aromatic ring is 1. The summed E-state index contributed by atoms with van der Waals surface area (Å²) >= 11 is 3.41. The van der Waals surface area contributed by atoms with Gasteiger partial charge in [-0.15, -0.1) is 0 Å². The zero-order chi connectivity index (χ0) is 16.4. The molecule has 1 aromatic heterocycles. The number of aromatic nitrogens is 2. The van der Waals surface area contributed by atoms with Crippen LogP contribution in [0.4, 0.5) is 4.39 Å². The van der Waals surface area contributed by atoms with E-state index in [2.05, 4.69) is 26.3 Å². The van der Waals surface area contributed by atoms with Crippen LogP contribution < -0.4 is 11.3 Å². The average molecular weight is 375 g/mol. The topological polar surface area (TPSA) is 72.9 Å². The van der Waals surface area contributed by atoms with Crippen molar-refractivity contribution in [2.75, 3.05) is 0 Å². The second-order valence-electron chi connectivity index (χ2n) is 4.78. The molecule has 0 aliphatic heterocycles. The molecule has 1 heterocycles. The number of rotatable bonds is 3. The van der Waals surface area contributed by atoms with E-state index in [1.165, 1.54) is 18.5 Å². The van der Waals surface area contributed by atoms with Crippen LogP contribution in [0.1, 0.15) is 10.5 Å². The predicted molar refractivity (Wildman–Crippen MR) is 88.3 cm³/mol. The fourth-order valence-corrected chi connectivity index (χ4v) is 2.70. The standard InChI is InChI=1S/C16H12BrFN4O/c17-11-4-2-6-13(8-11)22-9-20-14(16(23)21-19)15(22)10-3-1-5-12(18)7-10/h1-9H,19H2,(H,21,23). The second kappa shape index (κ2) is 6.31. The van der Waals surface area contributed by atoms with Gasteiger partial charge in [-0.3, -0.25) is 14.8 Å². The molecule has 3 N–H and O–H groups in total. The third-order valence-electron chi connectivity index (χ3n) is 3.30. The first-order valence-electron chi connectivity index (χ1n) is 6.70. The zero-order valence-corrected chi connectivity index (χ0v) is 13.4. The van der Waals surface area contributed by atoms with Crippen molar-refractivity contribution >= 4 is 21.8 Å². The van der Waals surface area contributed by atoms with E-state index in [0.29, 0.717) is 11.3 Å². The van der Waals surface area contributed by atoms with Gasteiger partial charge in [0.05, 0.1) is 5.69 Å². The molecule has 0 unspecified atom stereocenters. The molecule has 0 atom stereocenters. The van der Waals surface area contributed by atoms with Gasteiger partial charge in [-0.05, 0) is 30.3 Å². The summed E-state index contributed by atoms with van der Waals surface area (Å²) in [4.78, 5) is 16.1. The smallest absolute Gasteiger partial charge is 0.286 e. The Balaban J connectivity index is 2.25. The third kappa shape index (κ3) is 3.01. The minimum atomic E-state index is -0.544. The monoisotopic (exact) mass is 374 g/mol. The van der Waals surface area contributed by atoms with Crippen molar-refractivity contribution in [2.45, 2.75) is 0 Å². The molecule has 3 rings (SSSR count). The number of hydrazine groups is 1. The van der Waals surface area contributed by atoms with E-state index in [0.717, 1.165) is 10.2 Å². The van der Waals surface area contributed by atoms with Crippen LogP contribution in [0.3, 0.4) is 0 Å². The number of hydrogen-bond donors (Lipinski definition) is 2. The van der Waals surface area contributed by atoms with Crippen molar-refractivity contribution in [2.24, 2.45) is 5.84 Å². The highest BCUT2D eigenvalue weighted by atomic mass is 79.9. The molecule has 0 fully saturated rings. The van der Waals surface area contributed by atoms with Gasteiger partial charge in [0.25, 0.3) is 5.91 Å². The number of benzene rings is 2. The van der Waals surface area contributed by atoms with E-state index >= 15 is 0 Å². The lowest BCUT2D eigenvalue weighted by Crippen LogP contribution is -2.30. The van der Waals surface area contributed by atoms with Crippen molar-refractivity contribution in [1.82, 2.24) is 15.0 Å². The minimum absolute atomic E-state index is 0.123. The van der Waals surface area contributed by atoms with Gasteiger partial charge in [0.1, 0.15) is 12.1 Å². The summed E-state index contributed by atoms with van der Waals surface area (Å²) in [7, 11) is 0. The molecular formula is C16H12BrFN4O. The first-order chi connectivity index (χ1) is 11.1. The molecular weight excluding hydrogens is 363 g/mol. The van der Waals surface area contributed by atoms with Crippen LogP contribution >= 0.6 is 15.9 Å². The molecule has 0 saturated heterocycles. The van der Waals surface area contributed by atoms with Gasteiger partial charge < -0.3 is 0 Å². The largest absolute Gasteiger partial charge is 0.298 e. The van der Waals surface area contributed by atoms with Gasteiger partial charge in [0.2, 0.25) is 0 Å². The van der Waals surface area contributed by atoms with Crippen LogP contribution in [0.15, 0.2) is 59.3 Å². The lowest BCUT2D eigenvalue weighted by molar-refractivity contribution is 0.0950. The molecule has 2 aromatic carbocycles. The summed E-state index contributed by atoms with van der Waals surface area (Å²) < 4.78 is 16.2. The molecule has 0 radical (unpaired) electrons. The number of carbonyl (C=O) groups excluding carboxylic acids is 1. The molecule has 0 saturated carbocycles. The number of nitrogens with zero attached hydrogens (tertiary/aromatic N) is 2. The van der Waals surface area contributed by atoms with Gasteiger partial charge in [0, 0.05) is 15.7 Å². The summed E-state index contributed by atoms with van der Waals surface area (Å²) in [5.74, 6) is 4.28. The van der Waals surface area contributed by atoms with E-state index in [4.69, 9.17) is 5.84 Å². The van der Waals surface area contributed by atoms with Crippen molar-refractivity contribution < 1.29 is 9.18 Å². The third-order valence-corrected chi connectivity index (χ3v) is 3.79. The summed E-state index contributed by atoms with van der Waals surface area (Å²) in [6, 6.07) is 13.4. The average Bonchev–Trinajstić information content (AvgIpc) is 2.99. The summed E-state index contributed by atoms with van der Waals surface area (Å²) in [6.45, 7) is 0. The fourth-order valence-electron chi connectivity index (χ4n) is 2.32. The maximum atomic E-state index is 13.6. The fraction of sp³-hybridized carbons (Fsp3) is 0. The minimum Gasteiger partial charge on any atom is -0.298 e. The molecule has 0 aliphatic rings. The molecule has 0 spiro atoms. The Hall–Kier alpha value is -2.51. The lowest BCUT2D eigenvalue weighted by Gasteiger charge is -2.10. The van der Waals surface area contributed by atoms with Gasteiger partial charge in [-0.25, -0.2) is 15.2 Å². The number of imidazole rings is 1. The quantitative estimate of drug-likeness (QED) is 0.420. The Labute approximate surface area is 140 Å². The number of nitrogens with two attached hydrogens (primary N) is 1. The Bertz CT molecular complexity index is 878. The van der Waals surface area contributed by atoms with E-state index in [9.17, 15) is 9.18 Å². The maximum Gasteiger partial charge on any atom is 0.286 e. The van der Waals surface area contributed by atoms with Crippen LogP contribution in [0, 0.1) is 5.82 Å². The summed E-state index contributed by atoms with van der Waals surface area (Å²) in [5.41, 5.74) is 3.96. The normalized spacial score (nSPS) is 10.6. The number of halogens is 2. The lowest BCUT2D eigenvalue weighted by atomic mass is 10.1. The molecule has 116 valence electrons. The molecule has 0 aliphatic carbocycles. The van der Waals surface area contributed by atoms with Gasteiger partial charge in [-0.1, -0.05) is 34.1 Å². The van der Waals surface area contributed by atoms with Gasteiger partial charge in [-0.2, -0.15) is 0 Å². The van der Waals surface area contributed by atoms with Crippen LogP contribution in [-0.4, -0.2) is 15.5 Å². The van der Waals surface area contributed by atoms with Gasteiger partial charge in [0.15, 0.2) is 5.69 Å². The van der Waals surface area contributed by atoms with Crippen LogP contribution in [0.2, 0.25) is 0 Å². The van der Waals surface area contributed by atoms with Crippen molar-refractivity contribution in [3.63, 3.8) is 0 Å². The first-order valence-corrected chi connectivity index (χ1v) is 7.49. The molecule has 0 bridgehead atoms. The van der Waals surface area contributed by atoms with Crippen LogP contribution in [0.5, 0.6) is 0 Å². The van der Waals surface area contributed by atoms with Crippen LogP contribution in [0.25, 0.3) is 16.9 Å². The van der Waals surface area contributed by atoms with Crippen molar-refractivity contribution in [1.29, 1.82) is 0 Å². The second-order valence-corrected chi connectivity index (χ2v) is 5.69. The highest BCUT2D eigenvalue weighted by molar-refractivity contribution is 9.10. The van der Waals surface area contributed by atoms with E-state index < -0.39 is 11.7 Å². The van der Waals surface area contributed by atoms with Crippen LogP contribution in [-0.2, 0) is 0 Å². The summed E-state index contributed by atoms with van der Waals surface area (Å²) in [5, 5.41) is 0. The molecule has 23 heavy (non-hydrogen) atoms. The highest BCUT2D eigenvalue weighted by Gasteiger charge is 2.20. The molecule has 7 heteroatoms.